The topological polar surface area (TPSA) is 78.6 Å². The monoisotopic (exact) mass is 378 g/mol. The fourth-order valence-electron chi connectivity index (χ4n) is 2.60. The molecule has 0 spiro atoms. The van der Waals surface area contributed by atoms with Crippen molar-refractivity contribution in [2.75, 3.05) is 13.7 Å². The summed E-state index contributed by atoms with van der Waals surface area (Å²) in [5, 5.41) is 0. The average molecular weight is 378 g/mol. The lowest BCUT2D eigenvalue weighted by Gasteiger charge is -2.35. The summed E-state index contributed by atoms with van der Waals surface area (Å²) in [5.41, 5.74) is 1.22. The minimum atomic E-state index is -1.18. The minimum absolute atomic E-state index is 0.149. The Morgan fingerprint density at radius 3 is 2.62 bits per heavy atom. The largest absolute Gasteiger partial charge is 0.597 e. The second-order valence-corrected chi connectivity index (χ2v) is 9.10. The first-order chi connectivity index (χ1) is 12.2. The van der Waals surface area contributed by atoms with Gasteiger partial charge in [0.1, 0.15) is 16.3 Å². The second kappa shape index (κ2) is 8.24. The van der Waals surface area contributed by atoms with Crippen LogP contribution in [0.5, 0.6) is 5.75 Å². The van der Waals surface area contributed by atoms with Crippen LogP contribution in [-0.2, 0) is 11.4 Å². The fraction of sp³-hybridized carbons (Fsp3) is 0.474. The molecule has 0 saturated carbocycles. The van der Waals surface area contributed by atoms with Crippen LogP contribution in [0.3, 0.4) is 0 Å². The van der Waals surface area contributed by atoms with Gasteiger partial charge in [0, 0.05) is 30.0 Å². The summed E-state index contributed by atoms with van der Waals surface area (Å²) in [6.45, 7) is 10.4. The lowest BCUT2D eigenvalue weighted by molar-refractivity contribution is 0.338. The number of hydrogen-bond acceptors (Lipinski definition) is 6. The second-order valence-electron chi connectivity index (χ2n) is 6.91. The molecule has 26 heavy (non-hydrogen) atoms. The van der Waals surface area contributed by atoms with Crippen LogP contribution in [0.2, 0.25) is 0 Å². The first-order valence-corrected chi connectivity index (χ1v) is 9.61. The maximum Gasteiger partial charge on any atom is 0.185 e. The summed E-state index contributed by atoms with van der Waals surface area (Å²) < 4.78 is 25.2. The van der Waals surface area contributed by atoms with Gasteiger partial charge in [0.15, 0.2) is 5.43 Å². The predicted molar refractivity (Wildman–Crippen MR) is 103 cm³/mol. The molecule has 0 bridgehead atoms. The first-order valence-electron chi connectivity index (χ1n) is 8.50. The molecule has 2 aromatic heterocycles. The maximum absolute atomic E-state index is 12.9. The van der Waals surface area contributed by atoms with Gasteiger partial charge in [-0.3, -0.25) is 9.78 Å². The molecule has 0 saturated heterocycles. The molecule has 0 N–H and O–H groups in total. The van der Waals surface area contributed by atoms with Crippen molar-refractivity contribution in [1.82, 2.24) is 9.29 Å². The van der Waals surface area contributed by atoms with Crippen LogP contribution < -0.4 is 10.2 Å². The quantitative estimate of drug-likeness (QED) is 0.715. The van der Waals surface area contributed by atoms with E-state index >= 15 is 0 Å². The summed E-state index contributed by atoms with van der Waals surface area (Å²) >= 11 is -1.18. The standard InChI is InChI=1S/C19H26N2O4S/c1-7-21(26(23)19(3,4)5)13(2)16-11-15(18(24-6)12-20-16)17-10-14(22)8-9-25-17/h8-13H,7H2,1-6H3. The molecular formula is C19H26N2O4S. The van der Waals surface area contributed by atoms with Crippen LogP contribution in [0.4, 0.5) is 0 Å². The van der Waals surface area contributed by atoms with Crippen molar-refractivity contribution in [1.29, 1.82) is 0 Å². The molecule has 0 radical (unpaired) electrons. The van der Waals surface area contributed by atoms with E-state index in [1.54, 1.807) is 6.20 Å². The van der Waals surface area contributed by atoms with Crippen molar-refractivity contribution >= 4 is 11.4 Å². The Labute approximate surface area is 157 Å². The van der Waals surface area contributed by atoms with Gasteiger partial charge in [0.05, 0.1) is 36.9 Å². The highest BCUT2D eigenvalue weighted by Crippen LogP contribution is 2.34. The molecule has 0 aliphatic heterocycles. The molecule has 0 aliphatic carbocycles. The number of methoxy groups -OCH3 is 1. The van der Waals surface area contributed by atoms with Crippen LogP contribution >= 0.6 is 0 Å². The molecule has 0 aromatic carbocycles. The van der Waals surface area contributed by atoms with E-state index in [4.69, 9.17) is 9.15 Å². The summed E-state index contributed by atoms with van der Waals surface area (Å²) in [4.78, 5) is 16.1. The molecule has 0 aliphatic rings. The van der Waals surface area contributed by atoms with Crippen LogP contribution in [0.1, 0.15) is 46.4 Å². The van der Waals surface area contributed by atoms with Gasteiger partial charge in [0.25, 0.3) is 0 Å². The summed E-state index contributed by atoms with van der Waals surface area (Å²) in [7, 11) is 1.54. The van der Waals surface area contributed by atoms with E-state index in [9.17, 15) is 9.35 Å². The van der Waals surface area contributed by atoms with Crippen molar-refractivity contribution in [3.8, 4) is 17.1 Å². The van der Waals surface area contributed by atoms with Crippen molar-refractivity contribution in [3.05, 3.63) is 46.6 Å². The van der Waals surface area contributed by atoms with Gasteiger partial charge in [0.2, 0.25) is 0 Å². The number of ether oxygens (including phenoxy) is 1. The lowest BCUT2D eigenvalue weighted by Crippen LogP contribution is -2.44. The predicted octanol–water partition coefficient (Wildman–Crippen LogP) is 3.56. The van der Waals surface area contributed by atoms with Crippen LogP contribution in [0.15, 0.2) is 39.9 Å². The molecule has 2 heterocycles. The molecule has 2 unspecified atom stereocenters. The number of nitrogens with zero attached hydrogens (tertiary/aromatic N) is 2. The molecule has 7 heteroatoms. The number of rotatable bonds is 6. The highest BCUT2D eigenvalue weighted by atomic mass is 32.2. The normalized spacial score (nSPS) is 14.3. The van der Waals surface area contributed by atoms with Gasteiger partial charge in [-0.25, -0.2) is 0 Å². The Morgan fingerprint density at radius 2 is 2.08 bits per heavy atom. The van der Waals surface area contributed by atoms with Gasteiger partial charge < -0.3 is 13.7 Å². The van der Waals surface area contributed by atoms with Gasteiger partial charge in [-0.05, 0) is 40.7 Å². The van der Waals surface area contributed by atoms with E-state index < -0.39 is 11.4 Å². The van der Waals surface area contributed by atoms with Crippen molar-refractivity contribution < 1.29 is 13.7 Å². The fourth-order valence-corrected chi connectivity index (χ4v) is 3.94. The van der Waals surface area contributed by atoms with E-state index in [2.05, 4.69) is 4.98 Å². The zero-order chi connectivity index (χ0) is 19.5. The van der Waals surface area contributed by atoms with Crippen molar-refractivity contribution in [3.63, 3.8) is 0 Å². The van der Waals surface area contributed by atoms with E-state index in [1.165, 1.54) is 25.5 Å². The van der Waals surface area contributed by atoms with Crippen LogP contribution in [0, 0.1) is 0 Å². The number of pyridine rings is 1. The number of aromatic nitrogens is 1. The van der Waals surface area contributed by atoms with Gasteiger partial charge >= 0.3 is 0 Å². The third kappa shape index (κ3) is 4.47. The van der Waals surface area contributed by atoms with Crippen molar-refractivity contribution in [2.45, 2.75) is 45.4 Å². The Morgan fingerprint density at radius 1 is 1.38 bits per heavy atom. The molecule has 142 valence electrons. The summed E-state index contributed by atoms with van der Waals surface area (Å²) in [5.74, 6) is 0.917. The summed E-state index contributed by atoms with van der Waals surface area (Å²) in [6, 6.07) is 4.41. The highest BCUT2D eigenvalue weighted by Gasteiger charge is 2.36. The van der Waals surface area contributed by atoms with E-state index in [0.717, 1.165) is 5.69 Å². The van der Waals surface area contributed by atoms with Gasteiger partial charge in [-0.1, -0.05) is 0 Å². The smallest absolute Gasteiger partial charge is 0.185 e. The highest BCUT2D eigenvalue weighted by molar-refractivity contribution is 7.90. The molecule has 2 atom stereocenters. The maximum atomic E-state index is 12.9. The number of hydrogen-bond donors (Lipinski definition) is 0. The third-order valence-electron chi connectivity index (χ3n) is 3.98. The summed E-state index contributed by atoms with van der Waals surface area (Å²) in [6.07, 6.45) is 2.95. The van der Waals surface area contributed by atoms with E-state index in [1.807, 2.05) is 45.0 Å². The van der Waals surface area contributed by atoms with E-state index in [-0.39, 0.29) is 16.2 Å². The van der Waals surface area contributed by atoms with Gasteiger partial charge in [-0.15, -0.1) is 4.31 Å². The molecule has 6 nitrogen and oxygen atoms in total. The zero-order valence-corrected chi connectivity index (χ0v) is 16.9. The SMILES string of the molecule is CCN(C(C)c1cc(-c2cc(=O)cco2)c(OC)cn1)[S+]([O-])C(C)(C)C. The average Bonchev–Trinajstić information content (AvgIpc) is 2.60. The Balaban J connectivity index is 2.47. The molecule has 2 rings (SSSR count). The molecular weight excluding hydrogens is 352 g/mol. The molecule has 0 amide bonds. The molecule has 2 aromatic rings. The molecule has 0 fully saturated rings. The van der Waals surface area contributed by atoms with Gasteiger partial charge in [-0.2, -0.15) is 0 Å². The minimum Gasteiger partial charge on any atom is -0.597 e. The zero-order valence-electron chi connectivity index (χ0n) is 16.1. The van der Waals surface area contributed by atoms with E-state index in [0.29, 0.717) is 23.6 Å². The lowest BCUT2D eigenvalue weighted by atomic mass is 10.1. The first kappa shape index (κ1) is 20.5. The van der Waals surface area contributed by atoms with Crippen molar-refractivity contribution in [2.24, 2.45) is 0 Å². The Bertz CT molecular complexity index is 801. The third-order valence-corrected chi connectivity index (χ3v) is 6.03. The van der Waals surface area contributed by atoms with Crippen LogP contribution in [0.25, 0.3) is 11.3 Å². The van der Waals surface area contributed by atoms with Crippen LogP contribution in [-0.4, -0.2) is 32.2 Å². The Hall–Kier alpha value is -1.83. The Kier molecular flexibility index (Phi) is 6.49.